The van der Waals surface area contributed by atoms with Gasteiger partial charge in [-0.25, -0.2) is 4.39 Å². The van der Waals surface area contributed by atoms with E-state index >= 15 is 0 Å². The number of hydrogen-bond donors (Lipinski definition) is 1. The van der Waals surface area contributed by atoms with Gasteiger partial charge in [-0.3, -0.25) is 0 Å². The van der Waals surface area contributed by atoms with Crippen molar-refractivity contribution in [1.29, 1.82) is 0 Å². The molecular formula is C12H14ClFO. The first-order chi connectivity index (χ1) is 7.19. The Morgan fingerprint density at radius 2 is 1.93 bits per heavy atom. The highest BCUT2D eigenvalue weighted by molar-refractivity contribution is 6.30. The zero-order valence-electron chi connectivity index (χ0n) is 8.37. The molecule has 1 nitrogen and oxygen atoms in total. The van der Waals surface area contributed by atoms with Crippen LogP contribution >= 0.6 is 11.6 Å². The van der Waals surface area contributed by atoms with Gasteiger partial charge in [-0.2, -0.15) is 0 Å². The molecule has 0 aliphatic heterocycles. The van der Waals surface area contributed by atoms with Crippen molar-refractivity contribution < 1.29 is 9.50 Å². The Morgan fingerprint density at radius 3 is 2.27 bits per heavy atom. The van der Waals surface area contributed by atoms with E-state index in [9.17, 15) is 4.39 Å². The van der Waals surface area contributed by atoms with Crippen LogP contribution < -0.4 is 0 Å². The molecular weight excluding hydrogens is 215 g/mol. The van der Waals surface area contributed by atoms with E-state index in [1.54, 1.807) is 0 Å². The molecule has 0 spiro atoms. The molecule has 3 heteroatoms. The minimum Gasteiger partial charge on any atom is -0.392 e. The Balaban J connectivity index is 0.000000245. The first kappa shape index (κ1) is 12.2. The second kappa shape index (κ2) is 5.89. The van der Waals surface area contributed by atoms with E-state index in [0.29, 0.717) is 11.4 Å². The lowest BCUT2D eigenvalue weighted by Gasteiger charge is -1.95. The van der Waals surface area contributed by atoms with E-state index in [4.69, 9.17) is 16.7 Å². The highest BCUT2D eigenvalue weighted by atomic mass is 35.5. The summed E-state index contributed by atoms with van der Waals surface area (Å²) in [5.74, 6) is 0.146. The smallest absolute Gasteiger partial charge is 0.108 e. The number of hydrogen-bond acceptors (Lipinski definition) is 1. The van der Waals surface area contributed by atoms with E-state index in [0.717, 1.165) is 5.56 Å². The molecule has 1 aromatic rings. The van der Waals surface area contributed by atoms with Gasteiger partial charge in [-0.1, -0.05) is 29.8 Å². The highest BCUT2D eigenvalue weighted by Gasteiger charge is 2.38. The SMILES string of the molecule is C=CCO.FC1CC1c1ccc(Cl)cc1. The van der Waals surface area contributed by atoms with Crippen LogP contribution in [0.3, 0.4) is 0 Å². The predicted molar refractivity (Wildman–Crippen MR) is 61.0 cm³/mol. The van der Waals surface area contributed by atoms with Crippen molar-refractivity contribution in [2.45, 2.75) is 18.5 Å². The van der Waals surface area contributed by atoms with Gasteiger partial charge in [0.05, 0.1) is 6.61 Å². The van der Waals surface area contributed by atoms with Crippen LogP contribution in [0.15, 0.2) is 36.9 Å². The largest absolute Gasteiger partial charge is 0.392 e. The Morgan fingerprint density at radius 1 is 1.47 bits per heavy atom. The summed E-state index contributed by atoms with van der Waals surface area (Å²) < 4.78 is 12.5. The van der Waals surface area contributed by atoms with Gasteiger partial charge in [0.25, 0.3) is 0 Å². The normalized spacial score (nSPS) is 22.6. The Kier molecular flexibility index (Phi) is 4.79. The van der Waals surface area contributed by atoms with Crippen LogP contribution in [0.1, 0.15) is 17.9 Å². The van der Waals surface area contributed by atoms with Crippen LogP contribution in [-0.2, 0) is 0 Å². The summed E-state index contributed by atoms with van der Waals surface area (Å²) in [4.78, 5) is 0. The van der Waals surface area contributed by atoms with Crippen molar-refractivity contribution in [2.24, 2.45) is 0 Å². The molecule has 15 heavy (non-hydrogen) atoms. The third kappa shape index (κ3) is 4.02. The zero-order chi connectivity index (χ0) is 11.3. The van der Waals surface area contributed by atoms with E-state index in [1.807, 2.05) is 24.3 Å². The van der Waals surface area contributed by atoms with Crippen LogP contribution in [0, 0.1) is 0 Å². The molecule has 0 amide bonds. The number of rotatable bonds is 2. The molecule has 0 aromatic heterocycles. The summed E-state index contributed by atoms with van der Waals surface area (Å²) in [5, 5.41) is 8.47. The molecule has 1 saturated carbocycles. The van der Waals surface area contributed by atoms with Crippen LogP contribution in [0.25, 0.3) is 0 Å². The van der Waals surface area contributed by atoms with Crippen LogP contribution in [0.4, 0.5) is 4.39 Å². The second-order valence-electron chi connectivity index (χ2n) is 3.38. The van der Waals surface area contributed by atoms with Gasteiger partial charge >= 0.3 is 0 Å². The van der Waals surface area contributed by atoms with Gasteiger partial charge in [0.15, 0.2) is 0 Å². The number of aliphatic hydroxyl groups is 1. The summed E-state index contributed by atoms with van der Waals surface area (Å²) in [6.45, 7) is 3.31. The highest BCUT2D eigenvalue weighted by Crippen LogP contribution is 2.43. The van der Waals surface area contributed by atoms with E-state index in [-0.39, 0.29) is 12.5 Å². The van der Waals surface area contributed by atoms with Crippen LogP contribution in [0.5, 0.6) is 0 Å². The van der Waals surface area contributed by atoms with Gasteiger partial charge in [-0.15, -0.1) is 6.58 Å². The maximum absolute atomic E-state index is 12.5. The molecule has 1 aliphatic rings. The quantitative estimate of drug-likeness (QED) is 0.770. The van der Waals surface area contributed by atoms with Crippen molar-refractivity contribution >= 4 is 11.6 Å². The average molecular weight is 229 g/mol. The Bertz CT molecular complexity index is 310. The molecule has 1 fully saturated rings. The summed E-state index contributed by atoms with van der Waals surface area (Å²) in [7, 11) is 0. The van der Waals surface area contributed by atoms with Gasteiger partial charge < -0.3 is 5.11 Å². The number of halogens is 2. The lowest BCUT2D eigenvalue weighted by Crippen LogP contribution is -1.80. The zero-order valence-corrected chi connectivity index (χ0v) is 9.12. The van der Waals surface area contributed by atoms with E-state index in [1.165, 1.54) is 6.08 Å². The first-order valence-electron chi connectivity index (χ1n) is 4.80. The van der Waals surface area contributed by atoms with Crippen molar-refractivity contribution in [3.8, 4) is 0 Å². The number of alkyl halides is 1. The average Bonchev–Trinajstić information content (AvgIpc) is 2.97. The first-order valence-corrected chi connectivity index (χ1v) is 5.18. The monoisotopic (exact) mass is 228 g/mol. The summed E-state index contributed by atoms with van der Waals surface area (Å²) in [6, 6.07) is 7.41. The molecule has 1 aromatic carbocycles. The fourth-order valence-electron chi connectivity index (χ4n) is 1.22. The number of aliphatic hydroxyl groups excluding tert-OH is 1. The van der Waals surface area contributed by atoms with E-state index < -0.39 is 6.17 Å². The maximum atomic E-state index is 12.5. The van der Waals surface area contributed by atoms with Crippen molar-refractivity contribution in [3.63, 3.8) is 0 Å². The molecule has 2 rings (SSSR count). The van der Waals surface area contributed by atoms with E-state index in [2.05, 4.69) is 6.58 Å². The third-order valence-electron chi connectivity index (χ3n) is 2.14. The molecule has 0 bridgehead atoms. The third-order valence-corrected chi connectivity index (χ3v) is 2.39. The fourth-order valence-corrected chi connectivity index (χ4v) is 1.34. The molecule has 2 atom stereocenters. The molecule has 1 aliphatic carbocycles. The maximum Gasteiger partial charge on any atom is 0.108 e. The summed E-state index contributed by atoms with van der Waals surface area (Å²) in [6.07, 6.45) is 1.50. The van der Waals surface area contributed by atoms with Gasteiger partial charge in [-0.05, 0) is 24.1 Å². The number of benzene rings is 1. The topological polar surface area (TPSA) is 20.2 Å². The predicted octanol–water partition coefficient (Wildman–Crippen LogP) is 3.33. The van der Waals surface area contributed by atoms with Crippen molar-refractivity contribution in [3.05, 3.63) is 47.5 Å². The van der Waals surface area contributed by atoms with Crippen LogP contribution in [0.2, 0.25) is 5.02 Å². The summed E-state index contributed by atoms with van der Waals surface area (Å²) in [5.41, 5.74) is 1.07. The lowest BCUT2D eigenvalue weighted by atomic mass is 10.1. The van der Waals surface area contributed by atoms with Gasteiger partial charge in [0, 0.05) is 10.9 Å². The van der Waals surface area contributed by atoms with Gasteiger partial charge in [0.2, 0.25) is 0 Å². The molecule has 0 saturated heterocycles. The minimum absolute atomic E-state index is 0.0833. The standard InChI is InChI=1S/C9H8ClF.C3H6O/c10-7-3-1-6(2-4-7)8-5-9(8)11;1-2-3-4/h1-4,8-9H,5H2;2,4H,1,3H2. The minimum atomic E-state index is -0.615. The summed E-state index contributed by atoms with van der Waals surface area (Å²) >= 11 is 5.68. The molecule has 0 heterocycles. The molecule has 2 unspecified atom stereocenters. The molecule has 82 valence electrons. The lowest BCUT2D eigenvalue weighted by molar-refractivity contribution is 0.343. The second-order valence-corrected chi connectivity index (χ2v) is 3.82. The van der Waals surface area contributed by atoms with Crippen LogP contribution in [-0.4, -0.2) is 17.9 Å². The van der Waals surface area contributed by atoms with Crippen molar-refractivity contribution in [1.82, 2.24) is 0 Å². The van der Waals surface area contributed by atoms with Crippen molar-refractivity contribution in [2.75, 3.05) is 6.61 Å². The molecule has 0 radical (unpaired) electrons. The van der Waals surface area contributed by atoms with Gasteiger partial charge in [0.1, 0.15) is 6.17 Å². The molecule has 1 N–H and O–H groups in total. The Hall–Kier alpha value is -0.860. The fraction of sp³-hybridized carbons (Fsp3) is 0.333. The Labute approximate surface area is 94.2 Å².